The molecule has 0 spiro atoms. The van der Waals surface area contributed by atoms with Crippen molar-refractivity contribution in [3.8, 4) is 11.5 Å². The Kier molecular flexibility index (Phi) is 4.57. The normalized spacial score (nSPS) is 20.7. The van der Waals surface area contributed by atoms with Crippen LogP contribution < -0.4 is 14.8 Å². The second-order valence-corrected chi connectivity index (χ2v) is 5.20. The van der Waals surface area contributed by atoms with Crippen LogP contribution in [0.15, 0.2) is 18.2 Å². The summed E-state index contributed by atoms with van der Waals surface area (Å²) in [6.45, 7) is 1.09. The van der Waals surface area contributed by atoms with Crippen LogP contribution in [0.2, 0.25) is 0 Å². The summed E-state index contributed by atoms with van der Waals surface area (Å²) in [4.78, 5) is 0. The molecular formula is C13H19NO2S. The lowest BCUT2D eigenvalue weighted by atomic mass is 10.1. The van der Waals surface area contributed by atoms with Gasteiger partial charge < -0.3 is 14.8 Å². The SMILES string of the molecule is COc1ccc(C2CSCCCN2)cc1OC. The Morgan fingerprint density at radius 3 is 2.82 bits per heavy atom. The number of hydrogen-bond donors (Lipinski definition) is 1. The van der Waals surface area contributed by atoms with Gasteiger partial charge in [-0.1, -0.05) is 6.07 Å². The van der Waals surface area contributed by atoms with Crippen molar-refractivity contribution in [3.05, 3.63) is 23.8 Å². The predicted molar refractivity (Wildman–Crippen MR) is 72.2 cm³/mol. The quantitative estimate of drug-likeness (QED) is 0.896. The fourth-order valence-corrected chi connectivity index (χ4v) is 3.06. The number of methoxy groups -OCH3 is 2. The van der Waals surface area contributed by atoms with E-state index in [0.717, 1.165) is 23.8 Å². The van der Waals surface area contributed by atoms with E-state index in [0.29, 0.717) is 6.04 Å². The lowest BCUT2D eigenvalue weighted by Crippen LogP contribution is -2.22. The molecule has 1 aliphatic rings. The molecule has 1 fully saturated rings. The van der Waals surface area contributed by atoms with Gasteiger partial charge in [0.25, 0.3) is 0 Å². The highest BCUT2D eigenvalue weighted by molar-refractivity contribution is 7.99. The van der Waals surface area contributed by atoms with Crippen molar-refractivity contribution in [1.29, 1.82) is 0 Å². The van der Waals surface area contributed by atoms with E-state index in [1.807, 2.05) is 17.8 Å². The van der Waals surface area contributed by atoms with Gasteiger partial charge in [-0.2, -0.15) is 11.8 Å². The summed E-state index contributed by atoms with van der Waals surface area (Å²) in [6.07, 6.45) is 1.24. The average Bonchev–Trinajstić information content (AvgIpc) is 2.66. The number of thioether (sulfide) groups is 1. The Balaban J connectivity index is 2.19. The lowest BCUT2D eigenvalue weighted by molar-refractivity contribution is 0.354. The molecule has 17 heavy (non-hydrogen) atoms. The molecule has 1 aliphatic heterocycles. The highest BCUT2D eigenvalue weighted by Gasteiger charge is 2.15. The first-order valence-corrected chi connectivity index (χ1v) is 7.03. The van der Waals surface area contributed by atoms with Gasteiger partial charge in [0, 0.05) is 11.8 Å². The van der Waals surface area contributed by atoms with Crippen molar-refractivity contribution < 1.29 is 9.47 Å². The molecule has 3 nitrogen and oxygen atoms in total. The van der Waals surface area contributed by atoms with Gasteiger partial charge in [-0.15, -0.1) is 0 Å². The van der Waals surface area contributed by atoms with Crippen molar-refractivity contribution in [2.45, 2.75) is 12.5 Å². The van der Waals surface area contributed by atoms with E-state index < -0.39 is 0 Å². The molecule has 1 heterocycles. The molecule has 0 amide bonds. The smallest absolute Gasteiger partial charge is 0.161 e. The van der Waals surface area contributed by atoms with Crippen LogP contribution in [-0.4, -0.2) is 32.3 Å². The molecule has 0 bridgehead atoms. The zero-order chi connectivity index (χ0) is 12.1. The summed E-state index contributed by atoms with van der Waals surface area (Å²) in [6, 6.07) is 6.58. The van der Waals surface area contributed by atoms with Crippen molar-refractivity contribution in [3.63, 3.8) is 0 Å². The van der Waals surface area contributed by atoms with Gasteiger partial charge in [-0.05, 0) is 36.4 Å². The van der Waals surface area contributed by atoms with Crippen LogP contribution in [0.25, 0.3) is 0 Å². The summed E-state index contributed by atoms with van der Waals surface area (Å²) in [5.41, 5.74) is 1.28. The van der Waals surface area contributed by atoms with E-state index in [9.17, 15) is 0 Å². The van der Waals surface area contributed by atoms with E-state index in [1.165, 1.54) is 17.7 Å². The van der Waals surface area contributed by atoms with E-state index >= 15 is 0 Å². The largest absolute Gasteiger partial charge is 0.493 e. The fourth-order valence-electron chi connectivity index (χ4n) is 1.99. The van der Waals surface area contributed by atoms with Crippen molar-refractivity contribution in [2.75, 3.05) is 32.3 Å². The molecule has 1 aromatic carbocycles. The third-order valence-electron chi connectivity index (χ3n) is 2.95. The molecule has 0 aliphatic carbocycles. The summed E-state index contributed by atoms with van der Waals surface area (Å²) in [5.74, 6) is 3.96. The second kappa shape index (κ2) is 6.17. The topological polar surface area (TPSA) is 30.5 Å². The van der Waals surface area contributed by atoms with Crippen molar-refractivity contribution in [1.82, 2.24) is 5.32 Å². The monoisotopic (exact) mass is 253 g/mol. The molecule has 1 N–H and O–H groups in total. The van der Waals surface area contributed by atoms with Crippen LogP contribution in [0.1, 0.15) is 18.0 Å². The maximum Gasteiger partial charge on any atom is 0.161 e. The first-order chi connectivity index (χ1) is 8.35. The van der Waals surface area contributed by atoms with Crippen molar-refractivity contribution >= 4 is 11.8 Å². The third-order valence-corrected chi connectivity index (χ3v) is 4.10. The van der Waals surface area contributed by atoms with E-state index in [4.69, 9.17) is 9.47 Å². The van der Waals surface area contributed by atoms with Gasteiger partial charge >= 0.3 is 0 Å². The summed E-state index contributed by atoms with van der Waals surface area (Å²) in [7, 11) is 3.34. The number of nitrogens with one attached hydrogen (secondary N) is 1. The number of rotatable bonds is 3. The summed E-state index contributed by atoms with van der Waals surface area (Å²) < 4.78 is 10.6. The summed E-state index contributed by atoms with van der Waals surface area (Å²) >= 11 is 2.01. The van der Waals surface area contributed by atoms with E-state index in [2.05, 4.69) is 17.4 Å². The fraction of sp³-hybridized carbons (Fsp3) is 0.538. The predicted octanol–water partition coefficient (Wildman–Crippen LogP) is 2.47. The minimum Gasteiger partial charge on any atom is -0.493 e. The van der Waals surface area contributed by atoms with Crippen molar-refractivity contribution in [2.24, 2.45) is 0 Å². The second-order valence-electron chi connectivity index (χ2n) is 4.05. The number of hydrogen-bond acceptors (Lipinski definition) is 4. The zero-order valence-electron chi connectivity index (χ0n) is 10.4. The first kappa shape index (κ1) is 12.6. The molecule has 0 saturated carbocycles. The molecule has 1 aromatic rings. The van der Waals surface area contributed by atoms with Gasteiger partial charge in [-0.3, -0.25) is 0 Å². The zero-order valence-corrected chi connectivity index (χ0v) is 11.2. The average molecular weight is 253 g/mol. The molecule has 1 unspecified atom stereocenters. The Labute approximate surface area is 107 Å². The van der Waals surface area contributed by atoms with Crippen LogP contribution >= 0.6 is 11.8 Å². The van der Waals surface area contributed by atoms with Crippen LogP contribution in [0.4, 0.5) is 0 Å². The third kappa shape index (κ3) is 3.07. The Morgan fingerprint density at radius 1 is 1.24 bits per heavy atom. The first-order valence-electron chi connectivity index (χ1n) is 5.88. The van der Waals surface area contributed by atoms with Gasteiger partial charge in [0.15, 0.2) is 11.5 Å². The van der Waals surface area contributed by atoms with Gasteiger partial charge in [0.05, 0.1) is 14.2 Å². The van der Waals surface area contributed by atoms with Gasteiger partial charge in [-0.25, -0.2) is 0 Å². The van der Waals surface area contributed by atoms with E-state index in [1.54, 1.807) is 14.2 Å². The minimum atomic E-state index is 0.419. The van der Waals surface area contributed by atoms with Crippen LogP contribution in [-0.2, 0) is 0 Å². The standard InChI is InChI=1S/C13H19NO2S/c1-15-12-5-4-10(8-13(12)16-2)11-9-17-7-3-6-14-11/h4-5,8,11,14H,3,6-7,9H2,1-2H3. The molecule has 0 aromatic heterocycles. The molecule has 4 heteroatoms. The van der Waals surface area contributed by atoms with Gasteiger partial charge in [0.1, 0.15) is 0 Å². The number of benzene rings is 1. The number of ether oxygens (including phenoxy) is 2. The van der Waals surface area contributed by atoms with Crippen LogP contribution in [0, 0.1) is 0 Å². The molecule has 1 saturated heterocycles. The Morgan fingerprint density at radius 2 is 2.06 bits per heavy atom. The summed E-state index contributed by atoms with van der Waals surface area (Å²) in [5, 5.41) is 3.57. The Hall–Kier alpha value is -0.870. The molecule has 0 radical (unpaired) electrons. The molecular weight excluding hydrogens is 234 g/mol. The van der Waals surface area contributed by atoms with Crippen LogP contribution in [0.3, 0.4) is 0 Å². The molecule has 1 atom stereocenters. The maximum atomic E-state index is 5.34. The Bertz CT molecular complexity index is 362. The minimum absolute atomic E-state index is 0.419. The molecule has 94 valence electrons. The highest BCUT2D eigenvalue weighted by atomic mass is 32.2. The van der Waals surface area contributed by atoms with E-state index in [-0.39, 0.29) is 0 Å². The highest BCUT2D eigenvalue weighted by Crippen LogP contribution is 2.31. The molecule has 2 rings (SSSR count). The van der Waals surface area contributed by atoms with Crippen LogP contribution in [0.5, 0.6) is 11.5 Å². The van der Waals surface area contributed by atoms with Gasteiger partial charge in [0.2, 0.25) is 0 Å². The maximum absolute atomic E-state index is 5.34. The lowest BCUT2D eigenvalue weighted by Gasteiger charge is -2.17.